The van der Waals surface area contributed by atoms with Crippen molar-refractivity contribution >= 4 is 8.32 Å². The first kappa shape index (κ1) is 18.1. The molecule has 0 aromatic carbocycles. The molecule has 0 aromatic rings. The van der Waals surface area contributed by atoms with Crippen LogP contribution in [0, 0.1) is 0 Å². The highest BCUT2D eigenvalue weighted by Gasteiger charge is 2.38. The highest BCUT2D eigenvalue weighted by Crippen LogP contribution is 2.38. The largest absolute Gasteiger partial charge is 0.411 e. The van der Waals surface area contributed by atoms with E-state index >= 15 is 0 Å². The first-order chi connectivity index (χ1) is 8.64. The Balaban J connectivity index is 4.77. The summed E-state index contributed by atoms with van der Waals surface area (Å²) in [4.78, 5) is 0. The number of hydrogen-bond acceptors (Lipinski definition) is 1. The summed E-state index contributed by atoms with van der Waals surface area (Å²) in [5, 5.41) is 0.225. The van der Waals surface area contributed by atoms with Gasteiger partial charge in [-0.25, -0.2) is 0 Å². The number of allylic oxidation sites excluding steroid dienone is 4. The van der Waals surface area contributed by atoms with Crippen LogP contribution < -0.4 is 0 Å². The minimum absolute atomic E-state index is 0.135. The third-order valence-electron chi connectivity index (χ3n) is 3.75. The van der Waals surface area contributed by atoms with Crippen molar-refractivity contribution in [1.82, 2.24) is 0 Å². The van der Waals surface area contributed by atoms with E-state index in [9.17, 15) is 0 Å². The van der Waals surface area contributed by atoms with Gasteiger partial charge >= 0.3 is 0 Å². The Bertz CT molecular complexity index is 345. The predicted molar refractivity (Wildman–Crippen MR) is 90.0 cm³/mol. The molecule has 0 N–H and O–H groups in total. The molecule has 0 saturated heterocycles. The molecule has 0 aliphatic carbocycles. The lowest BCUT2D eigenvalue weighted by Crippen LogP contribution is -2.43. The van der Waals surface area contributed by atoms with Gasteiger partial charge in [-0.1, -0.05) is 70.4 Å². The van der Waals surface area contributed by atoms with Crippen LogP contribution in [0.25, 0.3) is 0 Å². The van der Waals surface area contributed by atoms with Crippen LogP contribution >= 0.6 is 0 Å². The molecule has 2 heteroatoms. The Morgan fingerprint density at radius 1 is 1.26 bits per heavy atom. The van der Waals surface area contributed by atoms with Gasteiger partial charge in [0, 0.05) is 0 Å². The molecule has 0 aliphatic rings. The smallest absolute Gasteiger partial charge is 0.192 e. The highest BCUT2D eigenvalue weighted by atomic mass is 28.4. The summed E-state index contributed by atoms with van der Waals surface area (Å²) < 4.78 is 6.43. The van der Waals surface area contributed by atoms with Crippen LogP contribution in [-0.2, 0) is 4.43 Å². The highest BCUT2D eigenvalue weighted by molar-refractivity contribution is 6.74. The average molecular weight is 279 g/mol. The first-order valence-electron chi connectivity index (χ1n) is 6.91. The zero-order valence-electron chi connectivity index (χ0n) is 13.3. The fourth-order valence-electron chi connectivity index (χ4n) is 1.38. The Morgan fingerprint density at radius 2 is 1.84 bits per heavy atom. The Hall–Kier alpha value is -0.863. The second kappa shape index (κ2) is 7.66. The molecule has 0 rings (SSSR count). The SMILES string of the molecule is C=C/C=C/C(CCC(=C)C=C)O[Si](C)(C)C(C)(C)C. The maximum absolute atomic E-state index is 6.43. The number of rotatable bonds is 8. The van der Waals surface area contributed by atoms with Gasteiger partial charge < -0.3 is 4.43 Å². The van der Waals surface area contributed by atoms with Crippen LogP contribution in [0.5, 0.6) is 0 Å². The summed E-state index contributed by atoms with van der Waals surface area (Å²) in [5.74, 6) is 0. The second-order valence-corrected chi connectivity index (χ2v) is 11.2. The molecule has 0 spiro atoms. The van der Waals surface area contributed by atoms with Crippen molar-refractivity contribution in [1.29, 1.82) is 0 Å². The van der Waals surface area contributed by atoms with E-state index in [1.807, 2.05) is 12.2 Å². The van der Waals surface area contributed by atoms with E-state index in [-0.39, 0.29) is 11.1 Å². The standard InChI is InChI=1S/C17H30OSi/c1-9-11-12-16(14-13-15(3)10-2)18-19(7,8)17(4,5)6/h9-12,16H,1-3,13-14H2,4-8H3/b12-11+. The Kier molecular flexibility index (Phi) is 7.31. The molecule has 1 unspecified atom stereocenters. The van der Waals surface area contributed by atoms with Crippen molar-refractivity contribution in [2.24, 2.45) is 0 Å². The van der Waals surface area contributed by atoms with Gasteiger partial charge in [-0.2, -0.15) is 0 Å². The zero-order valence-corrected chi connectivity index (χ0v) is 14.3. The van der Waals surface area contributed by atoms with Crippen LogP contribution in [0.2, 0.25) is 18.1 Å². The van der Waals surface area contributed by atoms with Crippen molar-refractivity contribution in [3.05, 3.63) is 49.6 Å². The summed E-state index contributed by atoms with van der Waals surface area (Å²) in [7, 11) is -1.74. The van der Waals surface area contributed by atoms with Gasteiger partial charge in [-0.15, -0.1) is 0 Å². The molecule has 0 aromatic heterocycles. The summed E-state index contributed by atoms with van der Waals surface area (Å²) in [5.41, 5.74) is 1.07. The van der Waals surface area contributed by atoms with E-state index < -0.39 is 8.32 Å². The second-order valence-electron chi connectivity index (χ2n) is 6.44. The lowest BCUT2D eigenvalue weighted by atomic mass is 10.1. The van der Waals surface area contributed by atoms with Crippen LogP contribution in [-0.4, -0.2) is 14.4 Å². The monoisotopic (exact) mass is 278 g/mol. The minimum Gasteiger partial charge on any atom is -0.411 e. The third-order valence-corrected chi connectivity index (χ3v) is 8.26. The molecule has 1 atom stereocenters. The van der Waals surface area contributed by atoms with Crippen molar-refractivity contribution in [2.45, 2.75) is 57.8 Å². The maximum Gasteiger partial charge on any atom is 0.192 e. The van der Waals surface area contributed by atoms with Crippen LogP contribution in [0.3, 0.4) is 0 Å². The van der Waals surface area contributed by atoms with Crippen LogP contribution in [0.1, 0.15) is 33.6 Å². The van der Waals surface area contributed by atoms with Crippen molar-refractivity contribution in [3.8, 4) is 0 Å². The zero-order chi connectivity index (χ0) is 15.1. The summed E-state index contributed by atoms with van der Waals surface area (Å²) in [6.45, 7) is 22.8. The quantitative estimate of drug-likeness (QED) is 0.412. The van der Waals surface area contributed by atoms with Gasteiger partial charge in [-0.3, -0.25) is 0 Å². The summed E-state index contributed by atoms with van der Waals surface area (Å²) in [6, 6.07) is 0. The van der Waals surface area contributed by atoms with Gasteiger partial charge in [0.1, 0.15) is 0 Å². The molecule has 0 fully saturated rings. The van der Waals surface area contributed by atoms with Crippen LogP contribution in [0.15, 0.2) is 49.6 Å². The summed E-state index contributed by atoms with van der Waals surface area (Å²) >= 11 is 0. The van der Waals surface area contributed by atoms with Gasteiger partial charge in [-0.05, 0) is 31.0 Å². The molecule has 0 bridgehead atoms. The topological polar surface area (TPSA) is 9.23 Å². The molecule has 108 valence electrons. The Labute approximate surface area is 120 Å². The molecule has 0 amide bonds. The van der Waals surface area contributed by atoms with Crippen molar-refractivity contribution in [3.63, 3.8) is 0 Å². The molecule has 0 radical (unpaired) electrons. The van der Waals surface area contributed by atoms with Crippen molar-refractivity contribution < 1.29 is 4.43 Å². The summed E-state index contributed by atoms with van der Waals surface area (Å²) in [6.07, 6.45) is 9.69. The van der Waals surface area contributed by atoms with Gasteiger partial charge in [0.25, 0.3) is 0 Å². The first-order valence-corrected chi connectivity index (χ1v) is 9.82. The lowest BCUT2D eigenvalue weighted by molar-refractivity contribution is 0.215. The molecule has 19 heavy (non-hydrogen) atoms. The fourth-order valence-corrected chi connectivity index (χ4v) is 2.69. The fraction of sp³-hybridized carbons (Fsp3) is 0.529. The van der Waals surface area contributed by atoms with Gasteiger partial charge in [0.05, 0.1) is 6.10 Å². The predicted octanol–water partition coefficient (Wildman–Crippen LogP) is 5.64. The Morgan fingerprint density at radius 3 is 2.26 bits per heavy atom. The van der Waals surface area contributed by atoms with Crippen molar-refractivity contribution in [2.75, 3.05) is 0 Å². The maximum atomic E-state index is 6.43. The van der Waals surface area contributed by atoms with E-state index in [2.05, 4.69) is 59.7 Å². The van der Waals surface area contributed by atoms with E-state index in [0.717, 1.165) is 18.4 Å². The van der Waals surface area contributed by atoms with E-state index in [1.54, 1.807) is 6.08 Å². The normalized spacial score (nSPS) is 14.4. The molecular formula is C17H30OSi. The molecular weight excluding hydrogens is 248 g/mol. The third kappa shape index (κ3) is 6.74. The number of hydrogen-bond donors (Lipinski definition) is 0. The van der Waals surface area contributed by atoms with E-state index in [0.29, 0.717) is 0 Å². The van der Waals surface area contributed by atoms with E-state index in [1.165, 1.54) is 0 Å². The van der Waals surface area contributed by atoms with Gasteiger partial charge in [0.2, 0.25) is 0 Å². The molecule has 0 saturated carbocycles. The van der Waals surface area contributed by atoms with E-state index in [4.69, 9.17) is 4.43 Å². The van der Waals surface area contributed by atoms with Gasteiger partial charge in [0.15, 0.2) is 8.32 Å². The lowest BCUT2D eigenvalue weighted by Gasteiger charge is -2.38. The minimum atomic E-state index is -1.74. The molecule has 1 nitrogen and oxygen atoms in total. The molecule has 0 aliphatic heterocycles. The van der Waals surface area contributed by atoms with Crippen LogP contribution in [0.4, 0.5) is 0 Å². The average Bonchev–Trinajstić information content (AvgIpc) is 2.30. The molecule has 0 heterocycles.